The molecule has 8 heteroatoms. The van der Waals surface area contributed by atoms with Gasteiger partial charge in [0.05, 0.1) is 18.0 Å². The first kappa shape index (κ1) is 19.9. The van der Waals surface area contributed by atoms with Crippen LogP contribution in [0, 0.1) is 0 Å². The molecule has 140 valence electrons. The minimum atomic E-state index is -3.67. The lowest BCUT2D eigenvalue weighted by Gasteiger charge is -2.08. The standard InChI is InChI=1S/C18H23N3O4S/c1-2-25-16-7-5-15(6-8-16)21-18(22)13-20-12-11-14-3-9-17(10-4-14)26(19,23)24/h3-10,20H,2,11-13H2,1H3,(H,21,22)(H2,19,23,24). The van der Waals surface area contributed by atoms with Crippen LogP contribution in [-0.4, -0.2) is 34.0 Å². The number of carbonyl (C=O) groups excluding carboxylic acids is 1. The Morgan fingerprint density at radius 1 is 1.08 bits per heavy atom. The second-order valence-corrected chi connectivity index (χ2v) is 7.18. The van der Waals surface area contributed by atoms with Gasteiger partial charge in [0.25, 0.3) is 0 Å². The van der Waals surface area contributed by atoms with E-state index in [0.29, 0.717) is 25.3 Å². The van der Waals surface area contributed by atoms with Gasteiger partial charge in [0.15, 0.2) is 0 Å². The molecule has 7 nitrogen and oxygen atoms in total. The van der Waals surface area contributed by atoms with Gasteiger partial charge in [-0.05, 0) is 61.9 Å². The van der Waals surface area contributed by atoms with Crippen LogP contribution in [0.5, 0.6) is 5.75 Å². The second-order valence-electron chi connectivity index (χ2n) is 5.62. The molecule has 0 radical (unpaired) electrons. The average molecular weight is 377 g/mol. The highest BCUT2D eigenvalue weighted by atomic mass is 32.2. The van der Waals surface area contributed by atoms with Crippen molar-refractivity contribution < 1.29 is 17.9 Å². The van der Waals surface area contributed by atoms with Crippen molar-refractivity contribution in [2.24, 2.45) is 5.14 Å². The van der Waals surface area contributed by atoms with Crippen LogP contribution in [-0.2, 0) is 21.2 Å². The predicted molar refractivity (Wildman–Crippen MR) is 101 cm³/mol. The highest BCUT2D eigenvalue weighted by molar-refractivity contribution is 7.89. The maximum Gasteiger partial charge on any atom is 0.238 e. The summed E-state index contributed by atoms with van der Waals surface area (Å²) in [6.45, 7) is 3.28. The van der Waals surface area contributed by atoms with Gasteiger partial charge in [-0.15, -0.1) is 0 Å². The lowest BCUT2D eigenvalue weighted by atomic mass is 10.1. The van der Waals surface area contributed by atoms with Gasteiger partial charge in [-0.25, -0.2) is 13.6 Å². The van der Waals surface area contributed by atoms with E-state index in [4.69, 9.17) is 9.88 Å². The van der Waals surface area contributed by atoms with Gasteiger partial charge >= 0.3 is 0 Å². The molecule has 2 rings (SSSR count). The third-order valence-electron chi connectivity index (χ3n) is 3.58. The van der Waals surface area contributed by atoms with Crippen molar-refractivity contribution in [3.63, 3.8) is 0 Å². The number of hydrogen-bond donors (Lipinski definition) is 3. The van der Waals surface area contributed by atoms with Crippen LogP contribution in [0.1, 0.15) is 12.5 Å². The quantitative estimate of drug-likeness (QED) is 0.574. The maximum absolute atomic E-state index is 11.9. The van der Waals surface area contributed by atoms with E-state index in [1.807, 2.05) is 6.92 Å². The summed E-state index contributed by atoms with van der Waals surface area (Å²) in [5.74, 6) is 0.621. The first-order valence-electron chi connectivity index (χ1n) is 8.23. The molecule has 0 bridgehead atoms. The number of ether oxygens (including phenoxy) is 1. The molecule has 2 aromatic carbocycles. The van der Waals surface area contributed by atoms with E-state index < -0.39 is 10.0 Å². The number of benzene rings is 2. The topological polar surface area (TPSA) is 111 Å². The van der Waals surface area contributed by atoms with Gasteiger partial charge in [0, 0.05) is 5.69 Å². The Balaban J connectivity index is 1.71. The molecule has 4 N–H and O–H groups in total. The monoisotopic (exact) mass is 377 g/mol. The zero-order valence-electron chi connectivity index (χ0n) is 14.6. The third-order valence-corrected chi connectivity index (χ3v) is 4.51. The van der Waals surface area contributed by atoms with Crippen LogP contribution in [0.25, 0.3) is 0 Å². The smallest absolute Gasteiger partial charge is 0.238 e. The summed E-state index contributed by atoms with van der Waals surface area (Å²) in [7, 11) is -3.67. The van der Waals surface area contributed by atoms with Gasteiger partial charge < -0.3 is 15.4 Å². The second kappa shape index (κ2) is 9.33. The average Bonchev–Trinajstić information content (AvgIpc) is 2.60. The number of hydrogen-bond acceptors (Lipinski definition) is 5. The van der Waals surface area contributed by atoms with Gasteiger partial charge in [0.1, 0.15) is 5.75 Å². The van der Waals surface area contributed by atoms with Gasteiger partial charge in [-0.2, -0.15) is 0 Å². The van der Waals surface area contributed by atoms with Crippen molar-refractivity contribution in [3.05, 3.63) is 54.1 Å². The van der Waals surface area contributed by atoms with Crippen LogP contribution in [0.3, 0.4) is 0 Å². The molecule has 0 saturated carbocycles. The first-order valence-corrected chi connectivity index (χ1v) is 9.78. The van der Waals surface area contributed by atoms with E-state index >= 15 is 0 Å². The molecule has 0 unspecified atom stereocenters. The summed E-state index contributed by atoms with van der Waals surface area (Å²) >= 11 is 0. The fourth-order valence-electron chi connectivity index (χ4n) is 2.29. The molecule has 0 aliphatic rings. The molecule has 0 aromatic heterocycles. The SMILES string of the molecule is CCOc1ccc(NC(=O)CNCCc2ccc(S(N)(=O)=O)cc2)cc1. The fourth-order valence-corrected chi connectivity index (χ4v) is 2.80. The largest absolute Gasteiger partial charge is 0.494 e. The van der Waals surface area contributed by atoms with Crippen LogP contribution >= 0.6 is 0 Å². The van der Waals surface area contributed by atoms with E-state index in [1.54, 1.807) is 36.4 Å². The van der Waals surface area contributed by atoms with Crippen LogP contribution in [0.4, 0.5) is 5.69 Å². The highest BCUT2D eigenvalue weighted by Crippen LogP contribution is 2.15. The molecular formula is C18H23N3O4S. The zero-order valence-corrected chi connectivity index (χ0v) is 15.4. The molecule has 1 amide bonds. The van der Waals surface area contributed by atoms with Crippen molar-refractivity contribution in [2.75, 3.05) is 25.0 Å². The van der Waals surface area contributed by atoms with Gasteiger partial charge in [0.2, 0.25) is 15.9 Å². The Kier molecular flexibility index (Phi) is 7.14. The molecule has 0 fully saturated rings. The summed E-state index contributed by atoms with van der Waals surface area (Å²) in [4.78, 5) is 12.0. The summed E-state index contributed by atoms with van der Waals surface area (Å²) in [6.07, 6.45) is 0.668. The summed E-state index contributed by atoms with van der Waals surface area (Å²) in [5.41, 5.74) is 1.66. The molecular weight excluding hydrogens is 354 g/mol. The molecule has 0 saturated heterocycles. The van der Waals surface area contributed by atoms with E-state index in [0.717, 1.165) is 11.3 Å². The number of primary sulfonamides is 1. The van der Waals surface area contributed by atoms with Crippen LogP contribution < -0.4 is 20.5 Å². The summed E-state index contributed by atoms with van der Waals surface area (Å²) < 4.78 is 27.7. The fraction of sp³-hybridized carbons (Fsp3) is 0.278. The normalized spacial score (nSPS) is 11.2. The van der Waals surface area contributed by atoms with Crippen molar-refractivity contribution in [1.29, 1.82) is 0 Å². The lowest BCUT2D eigenvalue weighted by molar-refractivity contribution is -0.115. The van der Waals surface area contributed by atoms with Crippen molar-refractivity contribution in [1.82, 2.24) is 5.32 Å². The van der Waals surface area contributed by atoms with E-state index in [9.17, 15) is 13.2 Å². The summed E-state index contributed by atoms with van der Waals surface area (Å²) in [5, 5.41) is 10.9. The molecule has 0 spiro atoms. The van der Waals surface area contributed by atoms with E-state index in [2.05, 4.69) is 10.6 Å². The minimum absolute atomic E-state index is 0.0870. The number of carbonyl (C=O) groups is 1. The number of amides is 1. The number of nitrogens with one attached hydrogen (secondary N) is 2. The Hall–Kier alpha value is -2.42. The highest BCUT2D eigenvalue weighted by Gasteiger charge is 2.07. The number of nitrogens with two attached hydrogens (primary N) is 1. The van der Waals surface area contributed by atoms with Crippen LogP contribution in [0.2, 0.25) is 0 Å². The molecule has 26 heavy (non-hydrogen) atoms. The molecule has 2 aromatic rings. The van der Waals surface area contributed by atoms with Crippen molar-refractivity contribution in [3.8, 4) is 5.75 Å². The Morgan fingerprint density at radius 2 is 1.73 bits per heavy atom. The Labute approximate surface area is 153 Å². The van der Waals surface area contributed by atoms with Crippen molar-refractivity contribution in [2.45, 2.75) is 18.2 Å². The van der Waals surface area contributed by atoms with Crippen LogP contribution in [0.15, 0.2) is 53.4 Å². The maximum atomic E-state index is 11.9. The molecule has 0 atom stereocenters. The number of sulfonamides is 1. The number of rotatable bonds is 9. The van der Waals surface area contributed by atoms with Gasteiger partial charge in [-0.3, -0.25) is 4.79 Å². The molecule has 0 heterocycles. The van der Waals surface area contributed by atoms with Crippen molar-refractivity contribution >= 4 is 21.6 Å². The Morgan fingerprint density at radius 3 is 2.31 bits per heavy atom. The first-order chi connectivity index (χ1) is 12.4. The van der Waals surface area contributed by atoms with E-state index in [-0.39, 0.29) is 17.3 Å². The lowest BCUT2D eigenvalue weighted by Crippen LogP contribution is -2.29. The number of anilines is 1. The third kappa shape index (κ3) is 6.47. The Bertz CT molecular complexity index is 819. The molecule has 0 aliphatic carbocycles. The summed E-state index contributed by atoms with van der Waals surface area (Å²) in [6, 6.07) is 13.6. The zero-order chi connectivity index (χ0) is 19.0. The minimum Gasteiger partial charge on any atom is -0.494 e. The van der Waals surface area contributed by atoms with Gasteiger partial charge in [-0.1, -0.05) is 12.1 Å². The predicted octanol–water partition coefficient (Wildman–Crippen LogP) is 1.50. The van der Waals surface area contributed by atoms with E-state index in [1.165, 1.54) is 12.1 Å². The molecule has 0 aliphatic heterocycles.